The monoisotopic (exact) mass is 333 g/mol. The molecular weight excluding hydrogens is 310 g/mol. The number of aliphatic hydroxyl groups is 2. The zero-order chi connectivity index (χ0) is 17.7. The molecule has 1 aromatic carbocycles. The summed E-state index contributed by atoms with van der Waals surface area (Å²) in [7, 11) is 0. The molecule has 0 fully saturated rings. The SMILES string of the molecule is CC(C)(C)OC(=O)NCC(O)C(O)c1ccc(-c2ccn[nH]2)cc1. The van der Waals surface area contributed by atoms with Crippen LogP contribution in [0.15, 0.2) is 36.5 Å². The number of hydrogen-bond donors (Lipinski definition) is 4. The highest BCUT2D eigenvalue weighted by molar-refractivity contribution is 5.67. The first-order chi connectivity index (χ1) is 11.3. The minimum absolute atomic E-state index is 0.113. The number of carbonyl (C=O) groups excluding carboxylic acids is 1. The van der Waals surface area contributed by atoms with Gasteiger partial charge in [0.15, 0.2) is 0 Å². The molecule has 0 spiro atoms. The molecule has 1 aromatic heterocycles. The Balaban J connectivity index is 1.91. The van der Waals surface area contributed by atoms with Crippen LogP contribution in [0.25, 0.3) is 11.3 Å². The summed E-state index contributed by atoms with van der Waals surface area (Å²) in [4.78, 5) is 11.6. The van der Waals surface area contributed by atoms with Crippen molar-refractivity contribution in [1.29, 1.82) is 0 Å². The van der Waals surface area contributed by atoms with Gasteiger partial charge in [-0.2, -0.15) is 5.10 Å². The minimum atomic E-state index is -1.14. The molecule has 2 rings (SSSR count). The first kappa shape index (κ1) is 18.0. The normalized spacial score (nSPS) is 14.0. The maximum absolute atomic E-state index is 11.6. The van der Waals surface area contributed by atoms with E-state index in [-0.39, 0.29) is 6.54 Å². The van der Waals surface area contributed by atoms with Gasteiger partial charge in [0.05, 0.1) is 5.69 Å². The van der Waals surface area contributed by atoms with Gasteiger partial charge in [-0.3, -0.25) is 5.10 Å². The fourth-order valence-corrected chi connectivity index (χ4v) is 2.11. The van der Waals surface area contributed by atoms with Crippen molar-refractivity contribution >= 4 is 6.09 Å². The number of alkyl carbamates (subject to hydrolysis) is 1. The van der Waals surface area contributed by atoms with Crippen molar-refractivity contribution in [2.24, 2.45) is 0 Å². The molecule has 0 radical (unpaired) electrons. The minimum Gasteiger partial charge on any atom is -0.444 e. The van der Waals surface area contributed by atoms with Gasteiger partial charge >= 0.3 is 6.09 Å². The number of H-pyrrole nitrogens is 1. The Morgan fingerprint density at radius 1 is 1.25 bits per heavy atom. The molecule has 1 amide bonds. The smallest absolute Gasteiger partial charge is 0.407 e. The lowest BCUT2D eigenvalue weighted by molar-refractivity contribution is 0.0129. The Kier molecular flexibility index (Phi) is 5.58. The first-order valence-corrected chi connectivity index (χ1v) is 7.69. The largest absolute Gasteiger partial charge is 0.444 e. The molecule has 2 aromatic rings. The Morgan fingerprint density at radius 2 is 1.92 bits per heavy atom. The van der Waals surface area contributed by atoms with Crippen LogP contribution in [-0.4, -0.2) is 44.8 Å². The van der Waals surface area contributed by atoms with E-state index in [1.165, 1.54) is 0 Å². The van der Waals surface area contributed by atoms with Crippen LogP contribution in [0.1, 0.15) is 32.4 Å². The highest BCUT2D eigenvalue weighted by atomic mass is 16.6. The molecule has 7 heteroatoms. The van der Waals surface area contributed by atoms with E-state index < -0.39 is 23.9 Å². The number of benzene rings is 1. The molecule has 24 heavy (non-hydrogen) atoms. The molecule has 2 unspecified atom stereocenters. The second kappa shape index (κ2) is 7.46. The van der Waals surface area contributed by atoms with Gasteiger partial charge in [-0.25, -0.2) is 4.79 Å². The van der Waals surface area contributed by atoms with Crippen LogP contribution in [0.3, 0.4) is 0 Å². The average molecular weight is 333 g/mol. The van der Waals surface area contributed by atoms with Crippen LogP contribution in [0.4, 0.5) is 4.79 Å². The number of rotatable bonds is 5. The fraction of sp³-hybridized carbons (Fsp3) is 0.412. The van der Waals surface area contributed by atoms with Crippen molar-refractivity contribution in [3.8, 4) is 11.3 Å². The average Bonchev–Trinajstić information content (AvgIpc) is 3.05. The molecule has 7 nitrogen and oxygen atoms in total. The number of nitrogens with zero attached hydrogens (tertiary/aromatic N) is 1. The van der Waals surface area contributed by atoms with Crippen molar-refractivity contribution in [1.82, 2.24) is 15.5 Å². The maximum atomic E-state index is 11.6. The molecule has 0 bridgehead atoms. The van der Waals surface area contributed by atoms with Gasteiger partial charge < -0.3 is 20.3 Å². The number of ether oxygens (including phenoxy) is 1. The van der Waals surface area contributed by atoms with E-state index >= 15 is 0 Å². The summed E-state index contributed by atoms with van der Waals surface area (Å²) in [5, 5.41) is 29.4. The number of carbonyl (C=O) groups is 1. The molecule has 2 atom stereocenters. The van der Waals surface area contributed by atoms with Crippen LogP contribution < -0.4 is 5.32 Å². The zero-order valence-electron chi connectivity index (χ0n) is 14.0. The van der Waals surface area contributed by atoms with Crippen LogP contribution >= 0.6 is 0 Å². The van der Waals surface area contributed by atoms with Gasteiger partial charge in [0.2, 0.25) is 0 Å². The molecular formula is C17H23N3O4. The second-order valence-corrected chi connectivity index (χ2v) is 6.49. The predicted octanol–water partition coefficient (Wildman–Crippen LogP) is 2.00. The maximum Gasteiger partial charge on any atom is 0.407 e. The standard InChI is InChI=1S/C17H23N3O4/c1-17(2,3)24-16(23)18-10-14(21)15(22)12-6-4-11(5-7-12)13-8-9-19-20-13/h4-9,14-15,21-22H,10H2,1-3H3,(H,18,23)(H,19,20). The van der Waals surface area contributed by atoms with Crippen LogP contribution in [0.2, 0.25) is 0 Å². The summed E-state index contributed by atoms with van der Waals surface area (Å²) >= 11 is 0. The lowest BCUT2D eigenvalue weighted by Gasteiger charge is -2.22. The van der Waals surface area contributed by atoms with Gasteiger partial charge in [-0.1, -0.05) is 24.3 Å². The Bertz CT molecular complexity index is 647. The quantitative estimate of drug-likeness (QED) is 0.669. The van der Waals surface area contributed by atoms with E-state index in [0.29, 0.717) is 5.56 Å². The fourth-order valence-electron chi connectivity index (χ4n) is 2.11. The molecule has 0 aliphatic rings. The van der Waals surface area contributed by atoms with E-state index in [2.05, 4.69) is 15.5 Å². The van der Waals surface area contributed by atoms with Crippen LogP contribution in [0.5, 0.6) is 0 Å². The van der Waals surface area contributed by atoms with Gasteiger partial charge in [-0.15, -0.1) is 0 Å². The third-order valence-electron chi connectivity index (χ3n) is 3.28. The summed E-state index contributed by atoms with van der Waals surface area (Å²) in [6, 6.07) is 8.92. The zero-order valence-corrected chi connectivity index (χ0v) is 14.0. The van der Waals surface area contributed by atoms with Crippen molar-refractivity contribution in [3.05, 3.63) is 42.1 Å². The van der Waals surface area contributed by atoms with Gasteiger partial charge in [-0.05, 0) is 38.0 Å². The Labute approximate surface area is 140 Å². The topological polar surface area (TPSA) is 107 Å². The third kappa shape index (κ3) is 5.07. The second-order valence-electron chi connectivity index (χ2n) is 6.49. The molecule has 130 valence electrons. The molecule has 0 aliphatic heterocycles. The van der Waals surface area contributed by atoms with Crippen LogP contribution in [0, 0.1) is 0 Å². The molecule has 0 saturated heterocycles. The Morgan fingerprint density at radius 3 is 2.46 bits per heavy atom. The summed E-state index contributed by atoms with van der Waals surface area (Å²) in [6.07, 6.45) is -1.24. The van der Waals surface area contributed by atoms with Crippen molar-refractivity contribution in [2.45, 2.75) is 38.6 Å². The van der Waals surface area contributed by atoms with Gasteiger partial charge in [0.25, 0.3) is 0 Å². The van der Waals surface area contributed by atoms with E-state index in [4.69, 9.17) is 4.74 Å². The molecule has 0 saturated carbocycles. The van der Waals surface area contributed by atoms with E-state index in [1.54, 1.807) is 39.1 Å². The number of aromatic amines is 1. The summed E-state index contributed by atoms with van der Waals surface area (Å²) < 4.78 is 5.08. The van der Waals surface area contributed by atoms with Gasteiger partial charge in [0.1, 0.15) is 17.8 Å². The number of aromatic nitrogens is 2. The van der Waals surface area contributed by atoms with Crippen molar-refractivity contribution in [2.75, 3.05) is 6.54 Å². The van der Waals surface area contributed by atoms with E-state index in [0.717, 1.165) is 11.3 Å². The third-order valence-corrected chi connectivity index (χ3v) is 3.28. The molecule has 4 N–H and O–H groups in total. The number of amides is 1. The highest BCUT2D eigenvalue weighted by Gasteiger charge is 2.21. The summed E-state index contributed by atoms with van der Waals surface area (Å²) in [6.45, 7) is 5.13. The van der Waals surface area contributed by atoms with Gasteiger partial charge in [0, 0.05) is 12.7 Å². The molecule has 0 aliphatic carbocycles. The van der Waals surface area contributed by atoms with E-state index in [9.17, 15) is 15.0 Å². The summed E-state index contributed by atoms with van der Waals surface area (Å²) in [5.74, 6) is 0. The Hall–Kier alpha value is -2.38. The van der Waals surface area contributed by atoms with Crippen molar-refractivity contribution < 1.29 is 19.7 Å². The highest BCUT2D eigenvalue weighted by Crippen LogP contribution is 2.22. The first-order valence-electron chi connectivity index (χ1n) is 7.69. The number of hydrogen-bond acceptors (Lipinski definition) is 5. The number of nitrogens with one attached hydrogen (secondary N) is 2. The van der Waals surface area contributed by atoms with Crippen molar-refractivity contribution in [3.63, 3.8) is 0 Å². The lowest BCUT2D eigenvalue weighted by atomic mass is 10.0. The van der Waals surface area contributed by atoms with Crippen LogP contribution in [-0.2, 0) is 4.74 Å². The van der Waals surface area contributed by atoms with E-state index in [1.807, 2.05) is 18.2 Å². The number of aliphatic hydroxyl groups excluding tert-OH is 2. The predicted molar refractivity (Wildman–Crippen MR) is 89.2 cm³/mol. The lowest BCUT2D eigenvalue weighted by Crippen LogP contribution is -2.38. The summed E-state index contributed by atoms with van der Waals surface area (Å²) in [5.41, 5.74) is 1.72. The molecule has 1 heterocycles.